The molecular weight excluding hydrogens is 356 g/mol. The minimum absolute atomic E-state index is 0.142. The summed E-state index contributed by atoms with van der Waals surface area (Å²) in [6, 6.07) is 20.1. The SMILES string of the molecule is Cc1ccc(Nc2ccc(C(=O)Nc3cccc(C#N)c3)cc2[N+](=O)[O-])cc1. The molecule has 0 aliphatic carbocycles. The maximum absolute atomic E-state index is 12.5. The highest BCUT2D eigenvalue weighted by Crippen LogP contribution is 2.29. The summed E-state index contributed by atoms with van der Waals surface area (Å²) >= 11 is 0. The van der Waals surface area contributed by atoms with Crippen molar-refractivity contribution in [2.45, 2.75) is 6.92 Å². The molecule has 0 radical (unpaired) electrons. The fourth-order valence-corrected chi connectivity index (χ4v) is 2.59. The van der Waals surface area contributed by atoms with Crippen LogP contribution in [0.1, 0.15) is 21.5 Å². The van der Waals surface area contributed by atoms with Crippen molar-refractivity contribution in [3.05, 3.63) is 93.5 Å². The van der Waals surface area contributed by atoms with E-state index in [1.165, 1.54) is 24.3 Å². The third kappa shape index (κ3) is 4.31. The van der Waals surface area contributed by atoms with Crippen LogP contribution in [0.3, 0.4) is 0 Å². The van der Waals surface area contributed by atoms with Crippen molar-refractivity contribution in [2.75, 3.05) is 10.6 Å². The fourth-order valence-electron chi connectivity index (χ4n) is 2.59. The number of nitrogens with zero attached hydrogens (tertiary/aromatic N) is 2. The largest absolute Gasteiger partial charge is 0.350 e. The molecule has 3 aromatic rings. The van der Waals surface area contributed by atoms with Gasteiger partial charge in [0, 0.05) is 23.0 Å². The summed E-state index contributed by atoms with van der Waals surface area (Å²) in [6.45, 7) is 1.95. The highest BCUT2D eigenvalue weighted by molar-refractivity contribution is 6.05. The first-order valence-corrected chi connectivity index (χ1v) is 8.40. The average Bonchev–Trinajstić information content (AvgIpc) is 2.70. The van der Waals surface area contributed by atoms with Gasteiger partial charge < -0.3 is 10.6 Å². The molecular formula is C21H16N4O3. The first kappa shape index (κ1) is 18.6. The maximum Gasteiger partial charge on any atom is 0.293 e. The van der Waals surface area contributed by atoms with E-state index in [9.17, 15) is 14.9 Å². The summed E-state index contributed by atoms with van der Waals surface area (Å²) in [4.78, 5) is 23.4. The van der Waals surface area contributed by atoms with Gasteiger partial charge in [0.2, 0.25) is 0 Å². The Hall–Kier alpha value is -4.18. The van der Waals surface area contributed by atoms with Gasteiger partial charge in [-0.05, 0) is 49.4 Å². The fraction of sp³-hybridized carbons (Fsp3) is 0.0476. The molecule has 0 aliphatic rings. The minimum Gasteiger partial charge on any atom is -0.350 e. The van der Waals surface area contributed by atoms with Gasteiger partial charge in [0.1, 0.15) is 5.69 Å². The Bertz CT molecular complexity index is 1090. The molecule has 0 aliphatic heterocycles. The van der Waals surface area contributed by atoms with Crippen molar-refractivity contribution in [2.24, 2.45) is 0 Å². The van der Waals surface area contributed by atoms with Crippen LogP contribution < -0.4 is 10.6 Å². The van der Waals surface area contributed by atoms with Gasteiger partial charge in [-0.3, -0.25) is 14.9 Å². The summed E-state index contributed by atoms with van der Waals surface area (Å²) in [5.74, 6) is -0.500. The van der Waals surface area contributed by atoms with Crippen LogP contribution in [0.2, 0.25) is 0 Å². The molecule has 0 bridgehead atoms. The number of benzene rings is 3. The second-order valence-corrected chi connectivity index (χ2v) is 6.13. The number of rotatable bonds is 5. The quantitative estimate of drug-likeness (QED) is 0.495. The average molecular weight is 372 g/mol. The van der Waals surface area contributed by atoms with Gasteiger partial charge in [0.05, 0.1) is 16.6 Å². The Balaban J connectivity index is 1.85. The molecule has 0 aromatic heterocycles. The molecule has 2 N–H and O–H groups in total. The highest BCUT2D eigenvalue weighted by atomic mass is 16.6. The molecule has 3 rings (SSSR count). The van der Waals surface area contributed by atoms with E-state index in [0.29, 0.717) is 16.9 Å². The van der Waals surface area contributed by atoms with E-state index in [1.54, 1.807) is 18.2 Å². The number of nitro groups is 1. The van der Waals surface area contributed by atoms with Crippen LogP contribution in [0.25, 0.3) is 0 Å². The van der Waals surface area contributed by atoms with Crippen LogP contribution in [0.15, 0.2) is 66.7 Å². The summed E-state index contributed by atoms with van der Waals surface area (Å²) < 4.78 is 0. The minimum atomic E-state index is -0.538. The van der Waals surface area contributed by atoms with Crippen LogP contribution in [-0.4, -0.2) is 10.8 Å². The lowest BCUT2D eigenvalue weighted by molar-refractivity contribution is -0.383. The van der Waals surface area contributed by atoms with Gasteiger partial charge in [0.15, 0.2) is 0 Å². The Kier molecular flexibility index (Phi) is 5.33. The van der Waals surface area contributed by atoms with Crippen molar-refractivity contribution in [1.82, 2.24) is 0 Å². The van der Waals surface area contributed by atoms with Gasteiger partial charge in [0.25, 0.3) is 11.6 Å². The molecule has 1 amide bonds. The van der Waals surface area contributed by atoms with Gasteiger partial charge in [-0.2, -0.15) is 5.26 Å². The van der Waals surface area contributed by atoms with E-state index < -0.39 is 10.8 Å². The van der Waals surface area contributed by atoms with Crippen LogP contribution >= 0.6 is 0 Å². The molecule has 0 atom stereocenters. The molecule has 28 heavy (non-hydrogen) atoms. The number of hydrogen-bond donors (Lipinski definition) is 2. The van der Waals surface area contributed by atoms with Crippen molar-refractivity contribution in [1.29, 1.82) is 5.26 Å². The third-order valence-electron chi connectivity index (χ3n) is 4.04. The number of hydrogen-bond acceptors (Lipinski definition) is 5. The maximum atomic E-state index is 12.5. The molecule has 0 saturated carbocycles. The lowest BCUT2D eigenvalue weighted by Gasteiger charge is -2.10. The molecule has 0 saturated heterocycles. The number of nitrogens with one attached hydrogen (secondary N) is 2. The first-order chi connectivity index (χ1) is 13.5. The van der Waals surface area contributed by atoms with E-state index in [2.05, 4.69) is 10.6 Å². The predicted octanol–water partition coefficient (Wildman–Crippen LogP) is 4.77. The summed E-state index contributed by atoms with van der Waals surface area (Å²) in [5.41, 5.74) is 2.85. The number of amides is 1. The molecule has 138 valence electrons. The lowest BCUT2D eigenvalue weighted by Crippen LogP contribution is -2.12. The second kappa shape index (κ2) is 8.01. The number of nitriles is 1. The summed E-state index contributed by atoms with van der Waals surface area (Å²) in [5, 5.41) is 26.1. The van der Waals surface area contributed by atoms with Crippen molar-refractivity contribution < 1.29 is 9.72 Å². The molecule has 7 nitrogen and oxygen atoms in total. The standard InChI is InChI=1S/C21H16N4O3/c1-14-5-8-17(9-6-14)23-19-10-7-16(12-20(19)25(27)28)21(26)24-18-4-2-3-15(11-18)13-22/h2-12,23H,1H3,(H,24,26). The smallest absolute Gasteiger partial charge is 0.293 e. The Morgan fingerprint density at radius 3 is 2.46 bits per heavy atom. The zero-order chi connectivity index (χ0) is 20.1. The third-order valence-corrected chi connectivity index (χ3v) is 4.04. The molecule has 0 heterocycles. The number of carbonyl (C=O) groups excluding carboxylic acids is 1. The molecule has 3 aromatic carbocycles. The monoisotopic (exact) mass is 372 g/mol. The van der Waals surface area contributed by atoms with Crippen molar-refractivity contribution in [3.8, 4) is 6.07 Å². The van der Waals surface area contributed by atoms with E-state index >= 15 is 0 Å². The second-order valence-electron chi connectivity index (χ2n) is 6.13. The summed E-state index contributed by atoms with van der Waals surface area (Å²) in [6.07, 6.45) is 0. The lowest BCUT2D eigenvalue weighted by atomic mass is 10.1. The van der Waals surface area contributed by atoms with Crippen LogP contribution in [-0.2, 0) is 0 Å². The zero-order valence-corrected chi connectivity index (χ0v) is 15.0. The van der Waals surface area contributed by atoms with E-state index in [-0.39, 0.29) is 16.9 Å². The normalized spacial score (nSPS) is 10.0. The van der Waals surface area contributed by atoms with Gasteiger partial charge in [-0.1, -0.05) is 23.8 Å². The Morgan fingerprint density at radius 2 is 1.79 bits per heavy atom. The van der Waals surface area contributed by atoms with Gasteiger partial charge in [-0.15, -0.1) is 0 Å². The zero-order valence-electron chi connectivity index (χ0n) is 15.0. The number of carbonyl (C=O) groups is 1. The van der Waals surface area contributed by atoms with Crippen LogP contribution in [0.4, 0.5) is 22.7 Å². The number of nitro benzene ring substituents is 1. The molecule has 0 spiro atoms. The Labute approximate surface area is 161 Å². The Morgan fingerprint density at radius 1 is 1.04 bits per heavy atom. The van der Waals surface area contributed by atoms with Gasteiger partial charge >= 0.3 is 0 Å². The topological polar surface area (TPSA) is 108 Å². The number of anilines is 3. The van der Waals surface area contributed by atoms with E-state index in [4.69, 9.17) is 5.26 Å². The number of aryl methyl sites for hydroxylation is 1. The molecule has 7 heteroatoms. The van der Waals surface area contributed by atoms with E-state index in [0.717, 1.165) is 5.56 Å². The molecule has 0 fully saturated rings. The molecule has 0 unspecified atom stereocenters. The first-order valence-electron chi connectivity index (χ1n) is 8.40. The van der Waals surface area contributed by atoms with Gasteiger partial charge in [-0.25, -0.2) is 0 Å². The highest BCUT2D eigenvalue weighted by Gasteiger charge is 2.18. The van der Waals surface area contributed by atoms with Crippen molar-refractivity contribution in [3.63, 3.8) is 0 Å². The van der Waals surface area contributed by atoms with Crippen LogP contribution in [0, 0.1) is 28.4 Å². The summed E-state index contributed by atoms with van der Waals surface area (Å²) in [7, 11) is 0. The predicted molar refractivity (Wildman–Crippen MR) is 107 cm³/mol. The van der Waals surface area contributed by atoms with Crippen LogP contribution in [0.5, 0.6) is 0 Å². The van der Waals surface area contributed by atoms with Crippen molar-refractivity contribution >= 4 is 28.7 Å². The van der Waals surface area contributed by atoms with E-state index in [1.807, 2.05) is 37.3 Å².